The van der Waals surface area contributed by atoms with Crippen LogP contribution >= 0.6 is 0 Å². The smallest absolute Gasteiger partial charge is 0.185 e. The average molecular weight is 483 g/mol. The third-order valence-corrected chi connectivity index (χ3v) is 6.40. The third kappa shape index (κ3) is 5.16. The zero-order valence-corrected chi connectivity index (χ0v) is 19.9. The number of aromatic nitrogens is 2. The van der Waals surface area contributed by atoms with E-state index in [1.807, 2.05) is 19.0 Å². The molecule has 1 saturated heterocycles. The van der Waals surface area contributed by atoms with E-state index >= 15 is 0 Å². The molecule has 184 valence electrons. The number of halogens is 2. The van der Waals surface area contributed by atoms with E-state index in [4.69, 9.17) is 4.74 Å². The lowest BCUT2D eigenvalue weighted by Crippen LogP contribution is -2.34. The number of nitrogens with zero attached hydrogens (tertiary/aromatic N) is 4. The topological polar surface area (TPSA) is 78.8 Å². The van der Waals surface area contributed by atoms with E-state index in [9.17, 15) is 18.7 Å². The van der Waals surface area contributed by atoms with Gasteiger partial charge in [-0.05, 0) is 62.5 Å². The second kappa shape index (κ2) is 10.5. The summed E-state index contributed by atoms with van der Waals surface area (Å²) >= 11 is 0. The van der Waals surface area contributed by atoms with Crippen LogP contribution in [-0.2, 0) is 6.42 Å². The molecule has 9 heteroatoms. The van der Waals surface area contributed by atoms with Gasteiger partial charge in [0.1, 0.15) is 23.1 Å². The molecule has 3 aromatic rings. The van der Waals surface area contributed by atoms with Crippen molar-refractivity contribution < 1.29 is 23.4 Å². The molecule has 1 N–H and O–H groups in total. The Balaban J connectivity index is 1.65. The molecule has 1 aliphatic rings. The molecule has 2 heterocycles. The number of benzene rings is 2. The van der Waals surface area contributed by atoms with E-state index in [1.165, 1.54) is 43.6 Å². The van der Waals surface area contributed by atoms with E-state index in [1.54, 1.807) is 12.1 Å². The second-order valence-corrected chi connectivity index (χ2v) is 8.80. The van der Waals surface area contributed by atoms with Crippen LogP contribution < -0.4 is 9.64 Å². The van der Waals surface area contributed by atoms with Gasteiger partial charge in [0.15, 0.2) is 11.6 Å². The van der Waals surface area contributed by atoms with Crippen LogP contribution in [0, 0.1) is 11.6 Å². The minimum absolute atomic E-state index is 0.0268. The average Bonchev–Trinajstić information content (AvgIpc) is 3.28. The largest absolute Gasteiger partial charge is 0.496 e. The van der Waals surface area contributed by atoms with Gasteiger partial charge in [0, 0.05) is 30.9 Å². The van der Waals surface area contributed by atoms with Gasteiger partial charge in [-0.25, -0.2) is 18.7 Å². The van der Waals surface area contributed by atoms with Gasteiger partial charge < -0.3 is 19.6 Å². The number of hydrogen-bond donors (Lipinski definition) is 1. The highest BCUT2D eigenvalue weighted by Gasteiger charge is 2.34. The Morgan fingerprint density at radius 3 is 2.74 bits per heavy atom. The highest BCUT2D eigenvalue weighted by molar-refractivity contribution is 5.97. The Labute approximate surface area is 203 Å². The van der Waals surface area contributed by atoms with Crippen molar-refractivity contribution in [2.75, 3.05) is 39.3 Å². The standard InChI is InChI=1S/C26H28F2N4O3/c1-31(2)18-13-19(15-33)32(14-18)22-8-7-17(27)11-16(22)12-23(34)21-9-10-29-26(30-21)25-20(28)5-4-6-24(25)35-3/h4-11,18-19,33H,12-15H2,1-3H3/t18-,19-/m0/s1. The lowest BCUT2D eigenvalue weighted by molar-refractivity contribution is 0.0988. The number of aliphatic hydroxyl groups excluding tert-OH is 1. The van der Waals surface area contributed by atoms with Crippen molar-refractivity contribution in [3.05, 3.63) is 71.6 Å². The molecule has 0 unspecified atom stereocenters. The number of rotatable bonds is 8. The molecule has 1 aromatic heterocycles. The fourth-order valence-corrected chi connectivity index (χ4v) is 4.50. The molecule has 0 radical (unpaired) electrons. The second-order valence-electron chi connectivity index (χ2n) is 8.80. The molecule has 0 saturated carbocycles. The molecule has 2 atom stereocenters. The van der Waals surface area contributed by atoms with Gasteiger partial charge in [0.05, 0.1) is 25.3 Å². The summed E-state index contributed by atoms with van der Waals surface area (Å²) in [4.78, 5) is 25.8. The van der Waals surface area contributed by atoms with Gasteiger partial charge in [0.2, 0.25) is 0 Å². The van der Waals surface area contributed by atoms with Crippen molar-refractivity contribution in [2.24, 2.45) is 0 Å². The Hall–Kier alpha value is -3.43. The summed E-state index contributed by atoms with van der Waals surface area (Å²) in [6.07, 6.45) is 2.03. The minimum Gasteiger partial charge on any atom is -0.496 e. The summed E-state index contributed by atoms with van der Waals surface area (Å²) in [7, 11) is 5.38. The Morgan fingerprint density at radius 1 is 1.23 bits per heavy atom. The van der Waals surface area contributed by atoms with E-state index < -0.39 is 11.6 Å². The van der Waals surface area contributed by atoms with Crippen molar-refractivity contribution in [1.82, 2.24) is 14.9 Å². The lowest BCUT2D eigenvalue weighted by Gasteiger charge is -2.28. The van der Waals surface area contributed by atoms with Crippen LogP contribution in [0.1, 0.15) is 22.5 Å². The van der Waals surface area contributed by atoms with Gasteiger partial charge in [-0.1, -0.05) is 6.07 Å². The fraction of sp³-hybridized carbons (Fsp3) is 0.346. The summed E-state index contributed by atoms with van der Waals surface area (Å²) in [6, 6.07) is 10.2. The van der Waals surface area contributed by atoms with Crippen LogP contribution in [-0.4, -0.2) is 72.2 Å². The van der Waals surface area contributed by atoms with Crippen LogP contribution in [0.2, 0.25) is 0 Å². The molecule has 0 spiro atoms. The normalized spacial score (nSPS) is 17.7. The van der Waals surface area contributed by atoms with E-state index in [2.05, 4.69) is 14.9 Å². The first-order valence-electron chi connectivity index (χ1n) is 11.3. The van der Waals surface area contributed by atoms with E-state index in [0.717, 1.165) is 6.42 Å². The molecule has 1 fully saturated rings. The number of carbonyl (C=O) groups is 1. The Kier molecular flexibility index (Phi) is 7.37. The molecular weight excluding hydrogens is 454 g/mol. The first-order chi connectivity index (χ1) is 16.8. The maximum Gasteiger partial charge on any atom is 0.185 e. The number of ketones is 1. The predicted octanol–water partition coefficient (Wildman–Crippen LogP) is 3.36. The molecular formula is C26H28F2N4O3. The van der Waals surface area contributed by atoms with Crippen molar-refractivity contribution in [2.45, 2.75) is 24.9 Å². The Bertz CT molecular complexity index is 1220. The highest BCUT2D eigenvalue weighted by Crippen LogP contribution is 2.32. The Morgan fingerprint density at radius 2 is 2.03 bits per heavy atom. The summed E-state index contributed by atoms with van der Waals surface area (Å²) in [5, 5.41) is 9.95. The van der Waals surface area contributed by atoms with Gasteiger partial charge >= 0.3 is 0 Å². The summed E-state index contributed by atoms with van der Waals surface area (Å²) in [5.74, 6) is -1.11. The third-order valence-electron chi connectivity index (χ3n) is 6.40. The summed E-state index contributed by atoms with van der Waals surface area (Å²) < 4.78 is 34.0. The minimum atomic E-state index is -0.569. The number of aliphatic hydroxyl groups is 1. The maximum atomic E-state index is 14.5. The number of carbonyl (C=O) groups excluding carboxylic acids is 1. The number of ether oxygens (including phenoxy) is 1. The summed E-state index contributed by atoms with van der Waals surface area (Å²) in [5.41, 5.74) is 1.35. The lowest BCUT2D eigenvalue weighted by atomic mass is 10.0. The number of hydrogen-bond acceptors (Lipinski definition) is 7. The van der Waals surface area contributed by atoms with Gasteiger partial charge in [-0.15, -0.1) is 0 Å². The molecule has 2 aromatic carbocycles. The van der Waals surface area contributed by atoms with Gasteiger partial charge in [-0.3, -0.25) is 4.79 Å². The molecule has 0 aliphatic carbocycles. The first kappa shape index (κ1) is 24.7. The summed E-state index contributed by atoms with van der Waals surface area (Å²) in [6.45, 7) is 0.602. The van der Waals surface area contributed by atoms with Gasteiger partial charge in [0.25, 0.3) is 0 Å². The maximum absolute atomic E-state index is 14.5. The first-order valence-corrected chi connectivity index (χ1v) is 11.3. The van der Waals surface area contributed by atoms with Crippen molar-refractivity contribution in [3.63, 3.8) is 0 Å². The molecule has 1 aliphatic heterocycles. The van der Waals surface area contributed by atoms with E-state index in [0.29, 0.717) is 17.8 Å². The number of likely N-dealkylation sites (N-methyl/N-ethyl adjacent to an activating group) is 1. The van der Waals surface area contributed by atoms with Crippen LogP contribution in [0.5, 0.6) is 5.75 Å². The quantitative estimate of drug-likeness (QED) is 0.494. The zero-order chi connectivity index (χ0) is 25.1. The van der Waals surface area contributed by atoms with Crippen molar-refractivity contribution >= 4 is 11.5 Å². The monoisotopic (exact) mass is 482 g/mol. The van der Waals surface area contributed by atoms with Gasteiger partial charge in [-0.2, -0.15) is 0 Å². The van der Waals surface area contributed by atoms with Crippen LogP contribution in [0.4, 0.5) is 14.5 Å². The van der Waals surface area contributed by atoms with Crippen molar-refractivity contribution in [3.8, 4) is 17.1 Å². The number of Topliss-reactive ketones (excluding diaryl/α,β-unsaturated/α-hetero) is 1. The predicted molar refractivity (Wildman–Crippen MR) is 129 cm³/mol. The highest BCUT2D eigenvalue weighted by atomic mass is 19.1. The number of anilines is 1. The molecule has 35 heavy (non-hydrogen) atoms. The molecule has 4 rings (SSSR count). The van der Waals surface area contributed by atoms with E-state index in [-0.39, 0.29) is 53.7 Å². The molecule has 7 nitrogen and oxygen atoms in total. The molecule has 0 amide bonds. The molecule has 0 bridgehead atoms. The van der Waals surface area contributed by atoms with Crippen LogP contribution in [0.25, 0.3) is 11.4 Å². The SMILES string of the molecule is COc1cccc(F)c1-c1nccc(C(=O)Cc2cc(F)ccc2N2C[C@@H](N(C)C)C[C@H]2CO)n1. The van der Waals surface area contributed by atoms with Crippen LogP contribution in [0.15, 0.2) is 48.7 Å². The zero-order valence-electron chi connectivity index (χ0n) is 19.9. The fourth-order valence-electron chi connectivity index (χ4n) is 4.50. The number of methoxy groups -OCH3 is 1. The van der Waals surface area contributed by atoms with Crippen LogP contribution in [0.3, 0.4) is 0 Å². The van der Waals surface area contributed by atoms with Crippen molar-refractivity contribution in [1.29, 1.82) is 0 Å².